The molecule has 11 heteroatoms. The third-order valence-corrected chi connectivity index (χ3v) is 3.52. The van der Waals surface area contributed by atoms with E-state index >= 15 is 0 Å². The summed E-state index contributed by atoms with van der Waals surface area (Å²) in [4.78, 5) is 33.4. The molecule has 1 fully saturated rings. The van der Waals surface area contributed by atoms with Crippen molar-refractivity contribution in [3.63, 3.8) is 0 Å². The van der Waals surface area contributed by atoms with Gasteiger partial charge in [-0.05, 0) is 0 Å². The van der Waals surface area contributed by atoms with E-state index in [2.05, 4.69) is 9.97 Å². The number of ether oxygens (including phenoxy) is 1. The van der Waals surface area contributed by atoms with Gasteiger partial charge in [-0.3, -0.25) is 9.78 Å². The van der Waals surface area contributed by atoms with Crippen molar-refractivity contribution in [2.75, 3.05) is 12.3 Å². The highest BCUT2D eigenvalue weighted by molar-refractivity contribution is 5.84. The number of H-pyrrole nitrogens is 1. The number of hydrogen-bond donors (Lipinski definition) is 5. The van der Waals surface area contributed by atoms with Crippen LogP contribution in [0.25, 0.3) is 11.0 Å². The minimum absolute atomic E-state index is 0.139. The number of nitrogens with two attached hydrogens (primary N) is 1. The molecule has 2 aromatic rings. The smallest absolute Gasteiger partial charge is 0.332 e. The van der Waals surface area contributed by atoms with E-state index in [4.69, 9.17) is 15.6 Å². The quantitative estimate of drug-likeness (QED) is 0.379. The van der Waals surface area contributed by atoms with Crippen LogP contribution in [0, 0.1) is 0 Å². The number of nitrogens with zero attached hydrogens (tertiary/aromatic N) is 3. The van der Waals surface area contributed by atoms with Crippen molar-refractivity contribution in [3.05, 3.63) is 27.2 Å². The first-order valence-electron chi connectivity index (χ1n) is 6.33. The summed E-state index contributed by atoms with van der Waals surface area (Å²) < 4.78 is 6.14. The molecular formula is C11H13N5O6. The molecule has 11 nitrogen and oxygen atoms in total. The van der Waals surface area contributed by atoms with Crippen molar-refractivity contribution >= 4 is 16.9 Å². The second-order valence-electron chi connectivity index (χ2n) is 4.82. The Morgan fingerprint density at radius 1 is 1.32 bits per heavy atom. The number of aliphatic hydroxyl groups is 3. The molecule has 0 spiro atoms. The zero-order valence-electron chi connectivity index (χ0n) is 11.1. The molecular weight excluding hydrogens is 298 g/mol. The highest BCUT2D eigenvalue weighted by atomic mass is 16.6. The molecule has 1 aliphatic heterocycles. The molecule has 0 radical (unpaired) electrons. The topological polar surface area (TPSA) is 177 Å². The Bertz CT molecular complexity index is 832. The lowest BCUT2D eigenvalue weighted by molar-refractivity contribution is -0.0530. The number of rotatable bonds is 2. The summed E-state index contributed by atoms with van der Waals surface area (Å²) in [7, 11) is 0. The molecule has 0 aliphatic carbocycles. The molecule has 3 heterocycles. The molecule has 22 heavy (non-hydrogen) atoms. The second kappa shape index (κ2) is 5.14. The Morgan fingerprint density at radius 3 is 2.68 bits per heavy atom. The van der Waals surface area contributed by atoms with Crippen LogP contribution in [-0.4, -0.2) is 59.8 Å². The van der Waals surface area contributed by atoms with Crippen LogP contribution in [0.1, 0.15) is 6.23 Å². The maximum atomic E-state index is 12.1. The summed E-state index contributed by atoms with van der Waals surface area (Å²) in [5, 5.41) is 28.8. The van der Waals surface area contributed by atoms with E-state index in [-0.39, 0.29) is 16.9 Å². The van der Waals surface area contributed by atoms with Gasteiger partial charge in [0, 0.05) is 0 Å². The van der Waals surface area contributed by atoms with Gasteiger partial charge in [0.2, 0.25) is 0 Å². The normalized spacial score (nSPS) is 28.3. The van der Waals surface area contributed by atoms with Gasteiger partial charge in [-0.25, -0.2) is 19.3 Å². The van der Waals surface area contributed by atoms with Crippen molar-refractivity contribution in [3.8, 4) is 0 Å². The molecule has 4 atom stereocenters. The average Bonchev–Trinajstić information content (AvgIpc) is 2.75. The van der Waals surface area contributed by atoms with Crippen molar-refractivity contribution in [2.24, 2.45) is 0 Å². The molecule has 0 saturated carbocycles. The van der Waals surface area contributed by atoms with Gasteiger partial charge in [0.05, 0.1) is 6.61 Å². The molecule has 1 aliphatic rings. The summed E-state index contributed by atoms with van der Waals surface area (Å²) in [6.45, 7) is -0.554. The molecule has 118 valence electrons. The summed E-state index contributed by atoms with van der Waals surface area (Å²) >= 11 is 0. The van der Waals surface area contributed by atoms with Crippen LogP contribution in [0.15, 0.2) is 15.9 Å². The zero-order chi connectivity index (χ0) is 16.0. The van der Waals surface area contributed by atoms with E-state index in [1.807, 2.05) is 4.98 Å². The summed E-state index contributed by atoms with van der Waals surface area (Å²) in [5.74, 6) is -0.147. The lowest BCUT2D eigenvalue weighted by atomic mass is 10.1. The van der Waals surface area contributed by atoms with Crippen molar-refractivity contribution in [2.45, 2.75) is 24.5 Å². The number of nitrogen functional groups attached to an aromatic ring is 1. The highest BCUT2D eigenvalue weighted by Gasteiger charge is 2.44. The molecule has 0 amide bonds. The Kier molecular flexibility index (Phi) is 3.41. The molecule has 1 saturated heterocycles. The molecule has 3 rings (SSSR count). The maximum Gasteiger partial charge on any atom is 0.332 e. The van der Waals surface area contributed by atoms with Crippen LogP contribution >= 0.6 is 0 Å². The van der Waals surface area contributed by atoms with Gasteiger partial charge in [0.15, 0.2) is 11.9 Å². The molecule has 0 aromatic carbocycles. The molecule has 0 unspecified atom stereocenters. The average molecular weight is 311 g/mol. The first kappa shape index (κ1) is 14.6. The number of anilines is 1. The first-order valence-corrected chi connectivity index (χ1v) is 6.33. The van der Waals surface area contributed by atoms with Crippen LogP contribution in [0.4, 0.5) is 5.82 Å². The Labute approximate surface area is 121 Å². The molecule has 0 bridgehead atoms. The van der Waals surface area contributed by atoms with Gasteiger partial charge in [0.1, 0.15) is 35.8 Å². The predicted molar refractivity (Wildman–Crippen MR) is 71.8 cm³/mol. The number of aromatic amines is 1. The van der Waals surface area contributed by atoms with Crippen LogP contribution in [0.5, 0.6) is 0 Å². The van der Waals surface area contributed by atoms with Gasteiger partial charge in [-0.15, -0.1) is 0 Å². The monoisotopic (exact) mass is 311 g/mol. The van der Waals surface area contributed by atoms with Gasteiger partial charge >= 0.3 is 5.69 Å². The van der Waals surface area contributed by atoms with E-state index in [0.717, 1.165) is 10.9 Å². The fourth-order valence-corrected chi connectivity index (χ4v) is 2.44. The van der Waals surface area contributed by atoms with Crippen LogP contribution in [-0.2, 0) is 4.74 Å². The number of aliphatic hydroxyl groups excluding tert-OH is 3. The lowest BCUT2D eigenvalue weighted by Crippen LogP contribution is -2.39. The minimum atomic E-state index is -1.50. The van der Waals surface area contributed by atoms with E-state index < -0.39 is 42.4 Å². The van der Waals surface area contributed by atoms with Crippen LogP contribution < -0.4 is 17.0 Å². The maximum absolute atomic E-state index is 12.1. The minimum Gasteiger partial charge on any atom is -0.394 e. The fraction of sp³-hybridized carbons (Fsp3) is 0.455. The number of aromatic nitrogens is 4. The summed E-state index contributed by atoms with van der Waals surface area (Å²) in [5.41, 5.74) is 3.79. The number of fused-ring (bicyclic) bond motifs is 1. The number of nitrogens with one attached hydrogen (secondary N) is 1. The van der Waals surface area contributed by atoms with Crippen molar-refractivity contribution < 1.29 is 20.1 Å². The van der Waals surface area contributed by atoms with Gasteiger partial charge < -0.3 is 25.8 Å². The van der Waals surface area contributed by atoms with Crippen molar-refractivity contribution in [1.82, 2.24) is 19.5 Å². The largest absolute Gasteiger partial charge is 0.394 e. The van der Waals surface area contributed by atoms with Gasteiger partial charge in [0.25, 0.3) is 5.56 Å². The van der Waals surface area contributed by atoms with E-state index in [1.165, 1.54) is 0 Å². The molecule has 2 aromatic heterocycles. The summed E-state index contributed by atoms with van der Waals surface area (Å²) in [6.07, 6.45) is -4.27. The van der Waals surface area contributed by atoms with Crippen molar-refractivity contribution in [1.29, 1.82) is 0 Å². The third kappa shape index (κ3) is 1.99. The van der Waals surface area contributed by atoms with Crippen LogP contribution in [0.3, 0.4) is 0 Å². The predicted octanol–water partition coefficient (Wildman–Crippen LogP) is -3.33. The Balaban J connectivity index is 2.26. The fourth-order valence-electron chi connectivity index (χ4n) is 2.44. The van der Waals surface area contributed by atoms with Crippen LogP contribution in [0.2, 0.25) is 0 Å². The summed E-state index contributed by atoms with van der Waals surface area (Å²) in [6, 6.07) is 0. The SMILES string of the molecule is Nc1ncnc2c1c(=O)[nH]c(=O)n2[C@H]1O[C@@H](CO)[C@H](O)[C@@H]1O. The van der Waals surface area contributed by atoms with E-state index in [9.17, 15) is 19.8 Å². The highest BCUT2D eigenvalue weighted by Crippen LogP contribution is 2.29. The lowest BCUT2D eigenvalue weighted by Gasteiger charge is -2.18. The Hall–Kier alpha value is -2.34. The standard InChI is InChI=1S/C11H13N5O6/c12-7-4-8(14-2-13-7)16(11(21)15-9(4)20)10-6(19)5(18)3(1-17)22-10/h2-3,5-6,10,17-19H,1H2,(H2,12,13,14)(H,15,20,21)/t3-,5-,6-,10-/m0/s1. The van der Waals surface area contributed by atoms with Gasteiger partial charge in [-0.1, -0.05) is 0 Å². The Morgan fingerprint density at radius 2 is 2.05 bits per heavy atom. The third-order valence-electron chi connectivity index (χ3n) is 3.52. The first-order chi connectivity index (χ1) is 10.5. The van der Waals surface area contributed by atoms with E-state index in [1.54, 1.807) is 0 Å². The molecule has 6 N–H and O–H groups in total. The van der Waals surface area contributed by atoms with E-state index in [0.29, 0.717) is 0 Å². The second-order valence-corrected chi connectivity index (χ2v) is 4.82. The zero-order valence-corrected chi connectivity index (χ0v) is 11.1. The van der Waals surface area contributed by atoms with Gasteiger partial charge in [-0.2, -0.15) is 0 Å². The number of hydrogen-bond acceptors (Lipinski definition) is 9.